The second kappa shape index (κ2) is 6.35. The zero-order valence-electron chi connectivity index (χ0n) is 6.56. The number of aliphatic imine (C=N–C) groups is 1. The summed E-state index contributed by atoms with van der Waals surface area (Å²) in [5, 5.41) is 17.4. The van der Waals surface area contributed by atoms with E-state index in [1.807, 2.05) is 0 Å². The lowest BCUT2D eigenvalue weighted by Gasteiger charge is -1.95. The van der Waals surface area contributed by atoms with Crippen LogP contribution in [0.15, 0.2) is 4.99 Å². The molecule has 0 saturated heterocycles. The molecule has 0 aliphatic carbocycles. The Labute approximate surface area is 69.4 Å². The maximum atomic E-state index is 9.79. The minimum atomic E-state index is -0.773. The molecular formula is C5H12N4O3. The monoisotopic (exact) mass is 176 g/mol. The molecule has 7 nitrogen and oxygen atoms in total. The molecule has 0 fully saturated rings. The molecule has 0 aromatic rings. The van der Waals surface area contributed by atoms with Gasteiger partial charge in [0.1, 0.15) is 0 Å². The summed E-state index contributed by atoms with van der Waals surface area (Å²) in [6, 6.07) is 0. The second-order valence-corrected chi connectivity index (χ2v) is 2.07. The maximum Gasteiger partial charge on any atom is 0.251 e. The molecule has 0 saturated carbocycles. The van der Waals surface area contributed by atoms with Gasteiger partial charge in [-0.2, -0.15) is 0 Å². The van der Waals surface area contributed by atoms with Gasteiger partial charge in [0.25, 0.3) is 5.96 Å². The van der Waals surface area contributed by atoms with Crippen LogP contribution in [0, 0.1) is 10.1 Å². The van der Waals surface area contributed by atoms with Gasteiger partial charge in [0, 0.05) is 13.2 Å². The predicted molar refractivity (Wildman–Crippen MR) is 42.9 cm³/mol. The average Bonchev–Trinajstić information content (AvgIpc) is 1.97. The summed E-state index contributed by atoms with van der Waals surface area (Å²) in [6.45, 7) is 0.478. The van der Waals surface area contributed by atoms with Gasteiger partial charge in [-0.05, 0) is 12.8 Å². The van der Waals surface area contributed by atoms with Crippen LogP contribution < -0.4 is 11.2 Å². The fraction of sp³-hybridized carbons (Fsp3) is 0.800. The van der Waals surface area contributed by atoms with E-state index in [4.69, 9.17) is 10.8 Å². The van der Waals surface area contributed by atoms with Gasteiger partial charge in [-0.1, -0.05) is 5.43 Å². The molecule has 7 heteroatoms. The van der Waals surface area contributed by atoms with Crippen molar-refractivity contribution in [3.05, 3.63) is 10.1 Å². The third-order valence-corrected chi connectivity index (χ3v) is 1.05. The van der Waals surface area contributed by atoms with Gasteiger partial charge in [-0.3, -0.25) is 0 Å². The molecule has 4 N–H and O–H groups in total. The minimum absolute atomic E-state index is 0.0953. The van der Waals surface area contributed by atoms with E-state index in [0.717, 1.165) is 0 Å². The second-order valence-electron chi connectivity index (χ2n) is 2.07. The first kappa shape index (κ1) is 10.6. The van der Waals surface area contributed by atoms with Crippen molar-refractivity contribution in [2.45, 2.75) is 12.8 Å². The lowest BCUT2D eigenvalue weighted by atomic mass is 10.3. The summed E-state index contributed by atoms with van der Waals surface area (Å²) >= 11 is 0. The summed E-state index contributed by atoms with van der Waals surface area (Å²) in [7, 11) is 0. The van der Waals surface area contributed by atoms with Crippen LogP contribution in [0.5, 0.6) is 0 Å². The quantitative estimate of drug-likeness (QED) is 0.161. The van der Waals surface area contributed by atoms with Crippen molar-refractivity contribution in [3.63, 3.8) is 0 Å². The van der Waals surface area contributed by atoms with Crippen molar-refractivity contribution in [2.75, 3.05) is 13.2 Å². The lowest BCUT2D eigenvalue weighted by molar-refractivity contribution is -0.525. The van der Waals surface area contributed by atoms with Crippen LogP contribution in [0.4, 0.5) is 0 Å². The van der Waals surface area contributed by atoms with Gasteiger partial charge in [0.2, 0.25) is 0 Å². The van der Waals surface area contributed by atoms with Crippen LogP contribution >= 0.6 is 0 Å². The predicted octanol–water partition coefficient (Wildman–Crippen LogP) is -1.15. The topological polar surface area (TPSA) is 114 Å². The number of nitrogens with zero attached hydrogens (tertiary/aromatic N) is 2. The number of nitrogens with two attached hydrogens (primary N) is 1. The highest BCUT2D eigenvalue weighted by atomic mass is 16.7. The molecule has 0 bridgehead atoms. The van der Waals surface area contributed by atoms with Crippen LogP contribution in [0.25, 0.3) is 0 Å². The third kappa shape index (κ3) is 6.75. The first-order chi connectivity index (χ1) is 5.66. The Bertz CT molecular complexity index is 170. The smallest absolute Gasteiger partial charge is 0.251 e. The van der Waals surface area contributed by atoms with Crippen LogP contribution in [-0.4, -0.2) is 29.3 Å². The Balaban J connectivity index is 3.48. The van der Waals surface area contributed by atoms with Gasteiger partial charge in [0.15, 0.2) is 5.03 Å². The molecule has 0 heterocycles. The van der Waals surface area contributed by atoms with E-state index in [2.05, 4.69) is 4.99 Å². The van der Waals surface area contributed by atoms with Gasteiger partial charge in [-0.25, -0.2) is 15.1 Å². The Morgan fingerprint density at radius 1 is 1.67 bits per heavy atom. The zero-order chi connectivity index (χ0) is 9.40. The number of hydrogen-bond donors (Lipinski definition) is 3. The van der Waals surface area contributed by atoms with E-state index in [1.54, 1.807) is 5.43 Å². The molecular weight excluding hydrogens is 164 g/mol. The molecule has 0 amide bonds. The van der Waals surface area contributed by atoms with Gasteiger partial charge >= 0.3 is 0 Å². The van der Waals surface area contributed by atoms with Crippen molar-refractivity contribution in [2.24, 2.45) is 10.7 Å². The lowest BCUT2D eigenvalue weighted by Crippen LogP contribution is -2.36. The largest absolute Gasteiger partial charge is 0.396 e. The summed E-state index contributed by atoms with van der Waals surface area (Å²) in [5.41, 5.74) is 6.80. The fourth-order valence-electron chi connectivity index (χ4n) is 0.552. The van der Waals surface area contributed by atoms with E-state index in [9.17, 15) is 10.1 Å². The highest BCUT2D eigenvalue weighted by Gasteiger charge is 1.96. The van der Waals surface area contributed by atoms with Crippen molar-refractivity contribution in [1.82, 2.24) is 5.43 Å². The van der Waals surface area contributed by atoms with Crippen molar-refractivity contribution >= 4 is 5.96 Å². The Kier molecular flexibility index (Phi) is 5.62. The first-order valence-electron chi connectivity index (χ1n) is 3.48. The maximum absolute atomic E-state index is 9.79. The van der Waals surface area contributed by atoms with E-state index in [0.29, 0.717) is 19.4 Å². The molecule has 0 aromatic heterocycles. The number of aliphatic hydroxyl groups excluding tert-OH is 1. The van der Waals surface area contributed by atoms with Gasteiger partial charge < -0.3 is 10.8 Å². The number of guanidine groups is 1. The molecule has 0 unspecified atom stereocenters. The van der Waals surface area contributed by atoms with Crippen LogP contribution in [0.1, 0.15) is 12.8 Å². The molecule has 0 aliphatic rings. The highest BCUT2D eigenvalue weighted by Crippen LogP contribution is 1.86. The van der Waals surface area contributed by atoms with Crippen LogP contribution in [-0.2, 0) is 0 Å². The zero-order valence-corrected chi connectivity index (χ0v) is 6.56. The van der Waals surface area contributed by atoms with Gasteiger partial charge in [-0.15, -0.1) is 0 Å². The van der Waals surface area contributed by atoms with E-state index in [1.165, 1.54) is 0 Å². The molecule has 70 valence electrons. The van der Waals surface area contributed by atoms with Crippen LogP contribution in [0.3, 0.4) is 0 Å². The standard InChI is InChI=1S/C5H12N4O3/c6-5(8-9(11)12)7-3-1-2-4-10/h10H,1-4H2,(H3,6,7,8). The summed E-state index contributed by atoms with van der Waals surface area (Å²) < 4.78 is 0. The Morgan fingerprint density at radius 2 is 2.33 bits per heavy atom. The Hall–Kier alpha value is -1.37. The molecule has 0 radical (unpaired) electrons. The number of hydrogen-bond acceptors (Lipinski definition) is 4. The average molecular weight is 176 g/mol. The molecule has 0 aromatic carbocycles. The normalized spacial score (nSPS) is 11.2. The Morgan fingerprint density at radius 3 is 2.83 bits per heavy atom. The number of unbranched alkanes of at least 4 members (excludes halogenated alkanes) is 1. The van der Waals surface area contributed by atoms with Crippen LogP contribution in [0.2, 0.25) is 0 Å². The molecule has 0 spiro atoms. The minimum Gasteiger partial charge on any atom is -0.396 e. The summed E-state index contributed by atoms with van der Waals surface area (Å²) in [5.74, 6) is -0.210. The summed E-state index contributed by atoms with van der Waals surface area (Å²) in [6.07, 6.45) is 1.28. The summed E-state index contributed by atoms with van der Waals surface area (Å²) in [4.78, 5) is 13.4. The molecule has 0 atom stereocenters. The van der Waals surface area contributed by atoms with Crippen molar-refractivity contribution in [3.8, 4) is 0 Å². The molecule has 0 aliphatic heterocycles. The number of nitrogens with one attached hydrogen (secondary N) is 1. The van der Waals surface area contributed by atoms with Gasteiger partial charge in [0.05, 0.1) is 0 Å². The van der Waals surface area contributed by atoms with Crippen molar-refractivity contribution in [1.29, 1.82) is 0 Å². The van der Waals surface area contributed by atoms with Crippen molar-refractivity contribution < 1.29 is 10.1 Å². The first-order valence-corrected chi connectivity index (χ1v) is 3.48. The van der Waals surface area contributed by atoms with E-state index < -0.39 is 5.03 Å². The number of nitro groups is 1. The SMILES string of the molecule is NC(=NCCCCO)N[N+](=O)[O-]. The third-order valence-electron chi connectivity index (χ3n) is 1.05. The van der Waals surface area contributed by atoms with E-state index in [-0.39, 0.29) is 12.6 Å². The fourth-order valence-corrected chi connectivity index (χ4v) is 0.552. The number of aliphatic hydroxyl groups is 1. The molecule has 12 heavy (non-hydrogen) atoms. The molecule has 0 rings (SSSR count). The van der Waals surface area contributed by atoms with E-state index >= 15 is 0 Å². The number of rotatable bonds is 5. The highest BCUT2D eigenvalue weighted by molar-refractivity contribution is 5.76. The number of hydrazine groups is 1.